The molecule has 0 N–H and O–H groups in total. The van der Waals surface area contributed by atoms with E-state index in [9.17, 15) is 4.39 Å². The molecule has 5 rings (SSSR count). The van der Waals surface area contributed by atoms with E-state index in [1.165, 1.54) is 11.6 Å². The van der Waals surface area contributed by atoms with E-state index < -0.39 is 5.41 Å². The Kier molecular flexibility index (Phi) is 5.13. The van der Waals surface area contributed by atoms with Gasteiger partial charge >= 0.3 is 0 Å². The van der Waals surface area contributed by atoms with E-state index in [-0.39, 0.29) is 17.7 Å². The standard InChI is InChI=1S/C25H19Cl3FN/c26-17-4-1-3-15(9-17)21-5-2-6-22(16-10-19(28)12-20(29)11-16)25(21)14-30-24-13-18(27)7-8-23(24)25/h1,3-4,7-14,21-22H,2,5-6H2. The minimum absolute atomic E-state index is 0.0367. The molecule has 2 aliphatic rings. The molecule has 1 aliphatic carbocycles. The smallest absolute Gasteiger partial charge is 0.124 e. The number of hydrogen-bond donors (Lipinski definition) is 0. The van der Waals surface area contributed by atoms with Crippen LogP contribution in [0.1, 0.15) is 47.8 Å². The first-order chi connectivity index (χ1) is 14.5. The van der Waals surface area contributed by atoms with Gasteiger partial charge in [-0.15, -0.1) is 0 Å². The summed E-state index contributed by atoms with van der Waals surface area (Å²) in [5.74, 6) is -0.124. The summed E-state index contributed by atoms with van der Waals surface area (Å²) >= 11 is 18.9. The third-order valence-electron chi connectivity index (χ3n) is 6.52. The Hall–Kier alpha value is -1.87. The topological polar surface area (TPSA) is 12.4 Å². The minimum atomic E-state index is -0.417. The highest BCUT2D eigenvalue weighted by molar-refractivity contribution is 6.31. The van der Waals surface area contributed by atoms with Gasteiger partial charge in [0.2, 0.25) is 0 Å². The minimum Gasteiger partial charge on any atom is -0.260 e. The van der Waals surface area contributed by atoms with Gasteiger partial charge in [0.1, 0.15) is 5.82 Å². The molecule has 1 spiro atoms. The monoisotopic (exact) mass is 457 g/mol. The van der Waals surface area contributed by atoms with Crippen molar-refractivity contribution in [3.05, 3.63) is 98.2 Å². The summed E-state index contributed by atoms with van der Waals surface area (Å²) in [6, 6.07) is 18.8. The van der Waals surface area contributed by atoms with E-state index in [2.05, 4.69) is 18.3 Å². The lowest BCUT2D eigenvalue weighted by molar-refractivity contribution is 0.290. The van der Waals surface area contributed by atoms with Crippen molar-refractivity contribution in [3.63, 3.8) is 0 Å². The molecule has 5 heteroatoms. The Balaban J connectivity index is 1.75. The van der Waals surface area contributed by atoms with Crippen LogP contribution in [0.3, 0.4) is 0 Å². The average Bonchev–Trinajstić information content (AvgIpc) is 3.06. The van der Waals surface area contributed by atoms with Crippen molar-refractivity contribution in [2.24, 2.45) is 4.99 Å². The molecule has 1 nitrogen and oxygen atoms in total. The zero-order valence-electron chi connectivity index (χ0n) is 16.1. The average molecular weight is 459 g/mol. The second-order valence-corrected chi connectivity index (χ2v) is 9.46. The first kappa shape index (κ1) is 20.1. The van der Waals surface area contributed by atoms with Crippen molar-refractivity contribution in [3.8, 4) is 0 Å². The van der Waals surface area contributed by atoms with Gasteiger partial charge in [0.25, 0.3) is 0 Å². The molecule has 0 bridgehead atoms. The van der Waals surface area contributed by atoms with Crippen LogP contribution < -0.4 is 0 Å². The molecule has 3 aromatic rings. The van der Waals surface area contributed by atoms with Crippen LogP contribution in [-0.2, 0) is 5.41 Å². The molecule has 152 valence electrons. The summed E-state index contributed by atoms with van der Waals surface area (Å²) in [7, 11) is 0. The van der Waals surface area contributed by atoms with E-state index >= 15 is 0 Å². The van der Waals surface area contributed by atoms with Gasteiger partial charge in [-0.25, -0.2) is 4.39 Å². The van der Waals surface area contributed by atoms with Crippen molar-refractivity contribution < 1.29 is 4.39 Å². The van der Waals surface area contributed by atoms with Crippen LogP contribution in [0, 0.1) is 5.82 Å². The second-order valence-electron chi connectivity index (χ2n) is 8.15. The lowest BCUT2D eigenvalue weighted by Crippen LogP contribution is -2.43. The summed E-state index contributed by atoms with van der Waals surface area (Å²) in [4.78, 5) is 4.79. The molecule has 3 aromatic carbocycles. The van der Waals surface area contributed by atoms with Crippen LogP contribution in [0.15, 0.2) is 65.7 Å². The fraction of sp³-hybridized carbons (Fsp3) is 0.240. The molecule has 0 amide bonds. The fourth-order valence-corrected chi connectivity index (χ4v) is 6.01. The van der Waals surface area contributed by atoms with E-state index in [1.807, 2.05) is 36.4 Å². The zero-order chi connectivity index (χ0) is 20.9. The second kappa shape index (κ2) is 7.67. The maximum absolute atomic E-state index is 14.3. The third kappa shape index (κ3) is 3.26. The number of rotatable bonds is 2. The molecule has 0 saturated heterocycles. The SMILES string of the molecule is Fc1cc(Cl)cc(C2CCCC(c3cccc(Cl)c3)C23C=Nc2cc(Cl)ccc23)c1. The Morgan fingerprint density at radius 1 is 0.800 bits per heavy atom. The van der Waals surface area contributed by atoms with Crippen molar-refractivity contribution in [1.82, 2.24) is 0 Å². The number of nitrogens with zero attached hydrogens (tertiary/aromatic N) is 1. The van der Waals surface area contributed by atoms with Gasteiger partial charge in [0.05, 0.1) is 5.69 Å². The van der Waals surface area contributed by atoms with Crippen LogP contribution in [0.4, 0.5) is 10.1 Å². The van der Waals surface area contributed by atoms with Gasteiger partial charge in [-0.2, -0.15) is 0 Å². The molecule has 0 radical (unpaired) electrons. The number of halogens is 4. The first-order valence-corrected chi connectivity index (χ1v) is 11.2. The molecule has 1 heterocycles. The summed E-state index contributed by atoms with van der Waals surface area (Å²) in [6.07, 6.45) is 5.00. The number of hydrogen-bond acceptors (Lipinski definition) is 1. The van der Waals surface area contributed by atoms with Crippen LogP contribution in [0.2, 0.25) is 15.1 Å². The summed E-state index contributed by atoms with van der Waals surface area (Å²) in [6.45, 7) is 0. The van der Waals surface area contributed by atoms with Crippen molar-refractivity contribution >= 4 is 46.7 Å². The number of fused-ring (bicyclic) bond motifs is 2. The maximum atomic E-state index is 14.3. The Labute approximate surface area is 190 Å². The fourth-order valence-electron chi connectivity index (χ4n) is 5.41. The highest BCUT2D eigenvalue weighted by Crippen LogP contribution is 2.59. The predicted molar refractivity (Wildman–Crippen MR) is 123 cm³/mol. The highest BCUT2D eigenvalue weighted by Gasteiger charge is 2.52. The van der Waals surface area contributed by atoms with Gasteiger partial charge in [-0.3, -0.25) is 4.99 Å². The molecule has 1 aliphatic heterocycles. The van der Waals surface area contributed by atoms with Gasteiger partial charge in [0, 0.05) is 26.7 Å². The molecule has 3 unspecified atom stereocenters. The molecular weight excluding hydrogens is 440 g/mol. The van der Waals surface area contributed by atoms with E-state index in [0.29, 0.717) is 15.1 Å². The molecule has 1 saturated carbocycles. The largest absolute Gasteiger partial charge is 0.260 e. The van der Waals surface area contributed by atoms with Gasteiger partial charge in [0.15, 0.2) is 0 Å². The third-order valence-corrected chi connectivity index (χ3v) is 7.21. The first-order valence-electron chi connectivity index (χ1n) is 10.0. The molecule has 30 heavy (non-hydrogen) atoms. The van der Waals surface area contributed by atoms with Crippen LogP contribution in [-0.4, -0.2) is 6.21 Å². The highest BCUT2D eigenvalue weighted by atomic mass is 35.5. The molecular formula is C25H19Cl3FN. The lowest BCUT2D eigenvalue weighted by Gasteiger charge is -2.47. The van der Waals surface area contributed by atoms with E-state index in [1.54, 1.807) is 6.07 Å². The van der Waals surface area contributed by atoms with E-state index in [0.717, 1.165) is 36.1 Å². The van der Waals surface area contributed by atoms with Gasteiger partial charge in [-0.1, -0.05) is 59.4 Å². The number of benzene rings is 3. The van der Waals surface area contributed by atoms with Crippen molar-refractivity contribution in [1.29, 1.82) is 0 Å². The van der Waals surface area contributed by atoms with Gasteiger partial charge in [-0.05, 0) is 83.8 Å². The number of aliphatic imine (C=N–C) groups is 1. The van der Waals surface area contributed by atoms with Gasteiger partial charge < -0.3 is 0 Å². The van der Waals surface area contributed by atoms with Crippen molar-refractivity contribution in [2.75, 3.05) is 0 Å². The predicted octanol–water partition coefficient (Wildman–Crippen LogP) is 8.49. The molecule has 1 fully saturated rings. The Morgan fingerprint density at radius 3 is 2.30 bits per heavy atom. The summed E-state index contributed by atoms with van der Waals surface area (Å²) in [5.41, 5.74) is 3.66. The maximum Gasteiger partial charge on any atom is 0.124 e. The summed E-state index contributed by atoms with van der Waals surface area (Å²) < 4.78 is 14.3. The lowest BCUT2D eigenvalue weighted by atomic mass is 9.55. The summed E-state index contributed by atoms with van der Waals surface area (Å²) in [5, 5.41) is 1.78. The Bertz CT molecular complexity index is 1140. The normalized spacial score (nSPS) is 24.9. The van der Waals surface area contributed by atoms with Crippen LogP contribution in [0.5, 0.6) is 0 Å². The quantitative estimate of drug-likeness (QED) is 0.365. The molecule has 0 aromatic heterocycles. The van der Waals surface area contributed by atoms with Crippen LogP contribution >= 0.6 is 34.8 Å². The van der Waals surface area contributed by atoms with Crippen molar-refractivity contribution in [2.45, 2.75) is 36.5 Å². The molecule has 3 atom stereocenters. The van der Waals surface area contributed by atoms with E-state index in [4.69, 9.17) is 39.8 Å². The Morgan fingerprint density at radius 2 is 1.53 bits per heavy atom. The zero-order valence-corrected chi connectivity index (χ0v) is 18.4. The van der Waals surface area contributed by atoms with Crippen LogP contribution in [0.25, 0.3) is 0 Å².